The van der Waals surface area contributed by atoms with Gasteiger partial charge in [-0.25, -0.2) is 4.79 Å². The smallest absolute Gasteiger partial charge is 0.375 e. The van der Waals surface area contributed by atoms with Gasteiger partial charge in [0.15, 0.2) is 0 Å². The lowest BCUT2D eigenvalue weighted by Gasteiger charge is -2.29. The first kappa shape index (κ1) is 14.1. The summed E-state index contributed by atoms with van der Waals surface area (Å²) in [6, 6.07) is 0. The topological polar surface area (TPSA) is 69.4 Å². The van der Waals surface area contributed by atoms with Crippen LogP contribution in [0.15, 0.2) is 0 Å². The number of rotatable bonds is 5. The molecule has 0 amide bonds. The van der Waals surface area contributed by atoms with Crippen LogP contribution in [0.3, 0.4) is 0 Å². The standard InChI is InChI=1S/C11H21NO3/c1-6-15-9(14)8(13)10(2,3)7-11(4,5)12/h6-7,12H2,1-5H3. The fraction of sp³-hybridized carbons (Fsp3) is 0.818. The average Bonchev–Trinajstić information content (AvgIpc) is 1.98. The van der Waals surface area contributed by atoms with Crippen molar-refractivity contribution in [3.63, 3.8) is 0 Å². The van der Waals surface area contributed by atoms with E-state index in [4.69, 9.17) is 5.73 Å². The van der Waals surface area contributed by atoms with Crippen molar-refractivity contribution < 1.29 is 14.3 Å². The molecule has 0 fully saturated rings. The van der Waals surface area contributed by atoms with E-state index in [0.29, 0.717) is 6.42 Å². The average molecular weight is 215 g/mol. The highest BCUT2D eigenvalue weighted by atomic mass is 16.5. The van der Waals surface area contributed by atoms with Gasteiger partial charge in [-0.1, -0.05) is 13.8 Å². The van der Waals surface area contributed by atoms with E-state index in [0.717, 1.165) is 0 Å². The lowest BCUT2D eigenvalue weighted by molar-refractivity contribution is -0.157. The van der Waals surface area contributed by atoms with Crippen molar-refractivity contribution in [1.29, 1.82) is 0 Å². The van der Waals surface area contributed by atoms with Gasteiger partial charge in [0, 0.05) is 11.0 Å². The van der Waals surface area contributed by atoms with E-state index < -0.39 is 22.7 Å². The molecule has 0 heterocycles. The largest absolute Gasteiger partial charge is 0.460 e. The number of nitrogens with two attached hydrogens (primary N) is 1. The van der Waals surface area contributed by atoms with E-state index in [9.17, 15) is 9.59 Å². The van der Waals surface area contributed by atoms with E-state index in [1.165, 1.54) is 0 Å². The number of hydrogen-bond acceptors (Lipinski definition) is 4. The van der Waals surface area contributed by atoms with Crippen molar-refractivity contribution >= 4 is 11.8 Å². The summed E-state index contributed by atoms with van der Waals surface area (Å²) in [6.07, 6.45) is 0.442. The fourth-order valence-corrected chi connectivity index (χ4v) is 1.69. The molecule has 0 rings (SSSR count). The Labute approximate surface area is 91.2 Å². The Morgan fingerprint density at radius 2 is 1.67 bits per heavy atom. The molecule has 0 unspecified atom stereocenters. The minimum Gasteiger partial charge on any atom is -0.460 e. The molecule has 4 heteroatoms. The third-order valence-electron chi connectivity index (χ3n) is 1.97. The van der Waals surface area contributed by atoms with Crippen molar-refractivity contribution in [3.05, 3.63) is 0 Å². The van der Waals surface area contributed by atoms with Gasteiger partial charge < -0.3 is 10.5 Å². The highest BCUT2D eigenvalue weighted by Gasteiger charge is 2.37. The molecule has 0 aliphatic rings. The van der Waals surface area contributed by atoms with E-state index in [1.54, 1.807) is 20.8 Å². The zero-order valence-electron chi connectivity index (χ0n) is 10.2. The molecule has 4 nitrogen and oxygen atoms in total. The lowest BCUT2D eigenvalue weighted by Crippen LogP contribution is -2.43. The van der Waals surface area contributed by atoms with Crippen molar-refractivity contribution in [1.82, 2.24) is 0 Å². The molecular weight excluding hydrogens is 194 g/mol. The van der Waals surface area contributed by atoms with Crippen LogP contribution in [0.25, 0.3) is 0 Å². The Kier molecular flexibility index (Phi) is 4.46. The summed E-state index contributed by atoms with van der Waals surface area (Å²) in [4.78, 5) is 23.0. The van der Waals surface area contributed by atoms with Crippen LogP contribution in [0.5, 0.6) is 0 Å². The van der Waals surface area contributed by atoms with Gasteiger partial charge >= 0.3 is 5.97 Å². The molecule has 15 heavy (non-hydrogen) atoms. The van der Waals surface area contributed by atoms with Crippen molar-refractivity contribution in [3.8, 4) is 0 Å². The summed E-state index contributed by atoms with van der Waals surface area (Å²) in [6.45, 7) is 8.96. The zero-order valence-corrected chi connectivity index (χ0v) is 10.2. The molecule has 0 saturated carbocycles. The summed E-state index contributed by atoms with van der Waals surface area (Å²) >= 11 is 0. The van der Waals surface area contributed by atoms with Crippen molar-refractivity contribution in [2.75, 3.05) is 6.61 Å². The molecule has 0 radical (unpaired) electrons. The van der Waals surface area contributed by atoms with E-state index >= 15 is 0 Å². The van der Waals surface area contributed by atoms with Gasteiger partial charge in [0.05, 0.1) is 6.61 Å². The number of esters is 1. The number of Topliss-reactive ketones (excluding diaryl/α,β-unsaturated/α-hetero) is 1. The second-order valence-corrected chi connectivity index (χ2v) is 5.10. The SMILES string of the molecule is CCOC(=O)C(=O)C(C)(C)CC(C)(C)N. The molecule has 0 aromatic carbocycles. The van der Waals surface area contributed by atoms with Crippen LogP contribution in [-0.2, 0) is 14.3 Å². The predicted octanol–water partition coefficient (Wildman–Crippen LogP) is 1.27. The molecule has 88 valence electrons. The second kappa shape index (κ2) is 4.75. The quantitative estimate of drug-likeness (QED) is 0.554. The van der Waals surface area contributed by atoms with E-state index in [-0.39, 0.29) is 6.61 Å². The Balaban J connectivity index is 4.59. The Morgan fingerprint density at radius 3 is 2.00 bits per heavy atom. The maximum atomic E-state index is 11.7. The first-order chi connectivity index (χ1) is 6.60. The first-order valence-corrected chi connectivity index (χ1v) is 5.10. The minimum atomic E-state index is -0.773. The summed E-state index contributed by atoms with van der Waals surface area (Å²) < 4.78 is 4.68. The number of carbonyl (C=O) groups is 2. The summed E-state index contributed by atoms with van der Waals surface area (Å²) in [7, 11) is 0. The first-order valence-electron chi connectivity index (χ1n) is 5.10. The maximum Gasteiger partial charge on any atom is 0.375 e. The molecule has 0 spiro atoms. The summed E-state index contributed by atoms with van der Waals surface area (Å²) in [5.74, 6) is -1.28. The third kappa shape index (κ3) is 4.93. The molecular formula is C11H21NO3. The van der Waals surface area contributed by atoms with Crippen molar-refractivity contribution in [2.24, 2.45) is 11.1 Å². The van der Waals surface area contributed by atoms with Gasteiger partial charge in [-0.2, -0.15) is 0 Å². The molecule has 0 atom stereocenters. The molecule has 0 aromatic rings. The van der Waals surface area contributed by atoms with E-state index in [2.05, 4.69) is 4.74 Å². The van der Waals surface area contributed by atoms with Gasteiger partial charge in [-0.05, 0) is 27.2 Å². The number of carbonyl (C=O) groups excluding carboxylic acids is 2. The molecule has 0 aliphatic heterocycles. The minimum absolute atomic E-state index is 0.215. The van der Waals surface area contributed by atoms with Gasteiger partial charge in [0.2, 0.25) is 5.78 Å². The molecule has 0 aliphatic carbocycles. The highest BCUT2D eigenvalue weighted by molar-refractivity contribution is 6.35. The van der Waals surface area contributed by atoms with Crippen LogP contribution < -0.4 is 5.73 Å². The monoisotopic (exact) mass is 215 g/mol. The van der Waals surface area contributed by atoms with Gasteiger partial charge in [0.25, 0.3) is 0 Å². The third-order valence-corrected chi connectivity index (χ3v) is 1.97. The Morgan fingerprint density at radius 1 is 1.20 bits per heavy atom. The predicted molar refractivity (Wildman–Crippen MR) is 58.3 cm³/mol. The van der Waals surface area contributed by atoms with Gasteiger partial charge in [-0.3, -0.25) is 4.79 Å². The second-order valence-electron chi connectivity index (χ2n) is 5.10. The van der Waals surface area contributed by atoms with Crippen LogP contribution in [0.2, 0.25) is 0 Å². The zero-order chi connectivity index (χ0) is 12.3. The normalized spacial score (nSPS) is 12.4. The van der Waals surface area contributed by atoms with Crippen LogP contribution >= 0.6 is 0 Å². The summed E-state index contributed by atoms with van der Waals surface area (Å²) in [5.41, 5.74) is 4.58. The molecule has 0 saturated heterocycles. The molecule has 0 bridgehead atoms. The van der Waals surface area contributed by atoms with Crippen LogP contribution in [0.4, 0.5) is 0 Å². The Hall–Kier alpha value is -0.900. The maximum absolute atomic E-state index is 11.7. The van der Waals surface area contributed by atoms with Gasteiger partial charge in [0.1, 0.15) is 0 Å². The van der Waals surface area contributed by atoms with Crippen LogP contribution in [-0.4, -0.2) is 23.9 Å². The highest BCUT2D eigenvalue weighted by Crippen LogP contribution is 2.27. The molecule has 2 N–H and O–H groups in total. The van der Waals surface area contributed by atoms with Crippen LogP contribution in [0, 0.1) is 5.41 Å². The Bertz CT molecular complexity index is 251. The van der Waals surface area contributed by atoms with Crippen LogP contribution in [0.1, 0.15) is 41.0 Å². The van der Waals surface area contributed by atoms with Crippen molar-refractivity contribution in [2.45, 2.75) is 46.6 Å². The van der Waals surface area contributed by atoms with Gasteiger partial charge in [-0.15, -0.1) is 0 Å². The summed E-state index contributed by atoms with van der Waals surface area (Å²) in [5, 5.41) is 0. The molecule has 0 aromatic heterocycles. The number of hydrogen-bond donors (Lipinski definition) is 1. The fourth-order valence-electron chi connectivity index (χ4n) is 1.69. The van der Waals surface area contributed by atoms with E-state index in [1.807, 2.05) is 13.8 Å². The number of ketones is 1. The lowest BCUT2D eigenvalue weighted by atomic mass is 9.77. The number of ether oxygens (including phenoxy) is 1.